The molecule has 0 unspecified atom stereocenters. The summed E-state index contributed by atoms with van der Waals surface area (Å²) in [5.74, 6) is -0.169. The van der Waals surface area contributed by atoms with Gasteiger partial charge in [-0.2, -0.15) is 5.10 Å². The fourth-order valence-electron chi connectivity index (χ4n) is 2.92. The summed E-state index contributed by atoms with van der Waals surface area (Å²) in [6, 6.07) is 23.0. The number of nitrogens with zero attached hydrogens (tertiary/aromatic N) is 2. The highest BCUT2D eigenvalue weighted by atomic mass is 35.5. The number of rotatable bonds is 4. The van der Waals surface area contributed by atoms with Crippen LogP contribution in [0.15, 0.2) is 84.0 Å². The lowest BCUT2D eigenvalue weighted by Crippen LogP contribution is -2.18. The minimum absolute atomic E-state index is 0.171. The molecular formula is C23H16ClN3O2. The maximum Gasteiger partial charge on any atom is 0.272 e. The molecule has 1 heterocycles. The van der Waals surface area contributed by atoms with Crippen molar-refractivity contribution in [2.24, 2.45) is 5.10 Å². The summed E-state index contributed by atoms with van der Waals surface area (Å²) in [4.78, 5) is 17.5. The summed E-state index contributed by atoms with van der Waals surface area (Å²) in [5, 5.41) is 14.7. The Kier molecular flexibility index (Phi) is 5.22. The predicted octanol–water partition coefficient (Wildman–Crippen LogP) is 5.02. The van der Waals surface area contributed by atoms with Gasteiger partial charge in [-0.05, 0) is 54.1 Å². The number of phenols is 1. The minimum Gasteiger partial charge on any atom is -0.508 e. The Morgan fingerprint density at radius 1 is 1.00 bits per heavy atom. The van der Waals surface area contributed by atoms with Gasteiger partial charge < -0.3 is 5.11 Å². The molecule has 0 atom stereocenters. The normalized spacial score (nSPS) is 11.1. The number of fused-ring (bicyclic) bond motifs is 1. The van der Waals surface area contributed by atoms with Crippen LogP contribution in [0.25, 0.3) is 22.2 Å². The van der Waals surface area contributed by atoms with E-state index in [9.17, 15) is 9.90 Å². The predicted molar refractivity (Wildman–Crippen MR) is 115 cm³/mol. The van der Waals surface area contributed by atoms with Crippen molar-refractivity contribution in [1.29, 1.82) is 0 Å². The molecule has 0 spiro atoms. The summed E-state index contributed by atoms with van der Waals surface area (Å²) < 4.78 is 0. The fraction of sp³-hybridized carbons (Fsp3) is 0. The van der Waals surface area contributed by atoms with Gasteiger partial charge in [0.15, 0.2) is 0 Å². The summed E-state index contributed by atoms with van der Waals surface area (Å²) >= 11 is 5.98. The number of hydrogen-bond donors (Lipinski definition) is 2. The molecule has 6 heteroatoms. The van der Waals surface area contributed by atoms with Crippen LogP contribution < -0.4 is 5.43 Å². The van der Waals surface area contributed by atoms with Crippen molar-refractivity contribution in [3.05, 3.63) is 95.0 Å². The summed E-state index contributed by atoms with van der Waals surface area (Å²) in [5.41, 5.74) is 6.04. The lowest BCUT2D eigenvalue weighted by molar-refractivity contribution is 0.0956. The van der Waals surface area contributed by atoms with Gasteiger partial charge in [0.05, 0.1) is 23.0 Å². The van der Waals surface area contributed by atoms with Crippen LogP contribution in [0.2, 0.25) is 5.02 Å². The maximum atomic E-state index is 12.8. The summed E-state index contributed by atoms with van der Waals surface area (Å²) in [6.45, 7) is 0. The number of halogens is 1. The molecule has 0 aliphatic carbocycles. The number of phenolic OH excluding ortho intramolecular Hbond substituents is 1. The first-order chi connectivity index (χ1) is 14.1. The molecule has 0 radical (unpaired) electrons. The molecule has 2 N–H and O–H groups in total. The molecular weight excluding hydrogens is 386 g/mol. The van der Waals surface area contributed by atoms with Gasteiger partial charge in [0, 0.05) is 16.0 Å². The number of aromatic nitrogens is 1. The van der Waals surface area contributed by atoms with Crippen molar-refractivity contribution < 1.29 is 9.90 Å². The van der Waals surface area contributed by atoms with E-state index in [1.54, 1.807) is 42.5 Å². The number of aromatic hydroxyl groups is 1. The van der Waals surface area contributed by atoms with E-state index in [1.807, 2.05) is 36.4 Å². The zero-order chi connectivity index (χ0) is 20.2. The first kappa shape index (κ1) is 18.7. The van der Waals surface area contributed by atoms with E-state index < -0.39 is 0 Å². The first-order valence-corrected chi connectivity index (χ1v) is 9.26. The third kappa shape index (κ3) is 4.25. The third-order valence-corrected chi connectivity index (χ3v) is 4.63. The average molecular weight is 402 g/mol. The Labute approximate surface area is 172 Å². The molecule has 0 bridgehead atoms. The van der Waals surface area contributed by atoms with Crippen molar-refractivity contribution in [3.63, 3.8) is 0 Å². The molecule has 1 aromatic heterocycles. The number of pyridine rings is 1. The molecule has 1 amide bonds. The lowest BCUT2D eigenvalue weighted by Gasteiger charge is -2.09. The largest absolute Gasteiger partial charge is 0.508 e. The van der Waals surface area contributed by atoms with Gasteiger partial charge in [-0.15, -0.1) is 0 Å². The van der Waals surface area contributed by atoms with Crippen LogP contribution in [0.5, 0.6) is 5.75 Å². The number of nitrogens with one attached hydrogen (secondary N) is 1. The third-order valence-electron chi connectivity index (χ3n) is 4.37. The van der Waals surface area contributed by atoms with Crippen molar-refractivity contribution >= 4 is 34.6 Å². The zero-order valence-electron chi connectivity index (χ0n) is 15.2. The highest BCUT2D eigenvalue weighted by Crippen LogP contribution is 2.26. The number of carbonyl (C=O) groups is 1. The second kappa shape index (κ2) is 8.12. The molecule has 0 saturated carbocycles. The highest BCUT2D eigenvalue weighted by molar-refractivity contribution is 6.30. The maximum absolute atomic E-state index is 12.8. The number of para-hydroxylation sites is 1. The topological polar surface area (TPSA) is 74.6 Å². The second-order valence-corrected chi connectivity index (χ2v) is 6.81. The molecule has 4 rings (SSSR count). The van der Waals surface area contributed by atoms with E-state index in [0.29, 0.717) is 21.8 Å². The van der Waals surface area contributed by atoms with E-state index in [-0.39, 0.29) is 11.7 Å². The van der Waals surface area contributed by atoms with Crippen LogP contribution in [0.3, 0.4) is 0 Å². The van der Waals surface area contributed by atoms with E-state index in [0.717, 1.165) is 16.5 Å². The Morgan fingerprint density at radius 2 is 1.72 bits per heavy atom. The first-order valence-electron chi connectivity index (χ1n) is 8.88. The molecule has 4 aromatic rings. The molecule has 5 nitrogen and oxygen atoms in total. The summed E-state index contributed by atoms with van der Waals surface area (Å²) in [7, 11) is 0. The molecule has 3 aromatic carbocycles. The average Bonchev–Trinajstić information content (AvgIpc) is 2.75. The molecule has 0 saturated heterocycles. The monoisotopic (exact) mass is 401 g/mol. The van der Waals surface area contributed by atoms with Crippen LogP contribution in [0.1, 0.15) is 15.9 Å². The molecule has 142 valence electrons. The molecule has 0 aliphatic heterocycles. The van der Waals surface area contributed by atoms with Gasteiger partial charge in [-0.25, -0.2) is 10.4 Å². The van der Waals surface area contributed by atoms with E-state index >= 15 is 0 Å². The Morgan fingerprint density at radius 3 is 2.48 bits per heavy atom. The standard InChI is InChI=1S/C23H16ClN3O2/c24-17-9-7-16(8-10-17)22-13-20(19-3-1-2-4-21(19)26-22)23(29)27-25-14-15-5-11-18(28)12-6-15/h1-14,28H,(H,27,29)/b25-14+. The Balaban J connectivity index is 1.67. The van der Waals surface area contributed by atoms with Gasteiger partial charge >= 0.3 is 0 Å². The Bertz CT molecular complexity index is 1200. The quantitative estimate of drug-likeness (QED) is 0.372. The number of hydrogen-bond acceptors (Lipinski definition) is 4. The van der Waals surface area contributed by atoms with Crippen LogP contribution in [-0.2, 0) is 0 Å². The lowest BCUT2D eigenvalue weighted by atomic mass is 10.0. The Hall–Kier alpha value is -3.70. The van der Waals surface area contributed by atoms with Gasteiger partial charge in [0.2, 0.25) is 0 Å². The molecule has 0 aliphatic rings. The van der Waals surface area contributed by atoms with Crippen molar-refractivity contribution in [2.45, 2.75) is 0 Å². The van der Waals surface area contributed by atoms with Crippen molar-refractivity contribution in [3.8, 4) is 17.0 Å². The van der Waals surface area contributed by atoms with Gasteiger partial charge in [0.1, 0.15) is 5.75 Å². The van der Waals surface area contributed by atoms with Crippen LogP contribution in [0, 0.1) is 0 Å². The molecule has 29 heavy (non-hydrogen) atoms. The van der Waals surface area contributed by atoms with Crippen molar-refractivity contribution in [2.75, 3.05) is 0 Å². The van der Waals surface area contributed by atoms with E-state index in [4.69, 9.17) is 11.6 Å². The number of benzene rings is 3. The number of carbonyl (C=O) groups excluding carboxylic acids is 1. The second-order valence-electron chi connectivity index (χ2n) is 6.37. The smallest absolute Gasteiger partial charge is 0.272 e. The van der Waals surface area contributed by atoms with Gasteiger partial charge in [0.25, 0.3) is 5.91 Å². The number of amides is 1. The van der Waals surface area contributed by atoms with Crippen LogP contribution in [-0.4, -0.2) is 22.2 Å². The zero-order valence-corrected chi connectivity index (χ0v) is 16.0. The van der Waals surface area contributed by atoms with Gasteiger partial charge in [-0.3, -0.25) is 4.79 Å². The van der Waals surface area contributed by atoms with Crippen LogP contribution in [0.4, 0.5) is 0 Å². The fourth-order valence-corrected chi connectivity index (χ4v) is 3.04. The minimum atomic E-state index is -0.339. The van der Waals surface area contributed by atoms with Crippen molar-refractivity contribution in [1.82, 2.24) is 10.4 Å². The van der Waals surface area contributed by atoms with Gasteiger partial charge in [-0.1, -0.05) is 41.9 Å². The number of hydrazone groups is 1. The molecule has 0 fully saturated rings. The van der Waals surface area contributed by atoms with E-state index in [1.165, 1.54) is 6.21 Å². The SMILES string of the molecule is O=C(N/N=C/c1ccc(O)cc1)c1cc(-c2ccc(Cl)cc2)nc2ccccc12. The van der Waals surface area contributed by atoms with E-state index in [2.05, 4.69) is 15.5 Å². The summed E-state index contributed by atoms with van der Waals surface area (Å²) in [6.07, 6.45) is 1.51. The van der Waals surface area contributed by atoms with Crippen LogP contribution >= 0.6 is 11.6 Å². The highest BCUT2D eigenvalue weighted by Gasteiger charge is 2.13.